The summed E-state index contributed by atoms with van der Waals surface area (Å²) in [6.07, 6.45) is 2.02. The minimum absolute atomic E-state index is 0.149. The number of aromatic nitrogens is 1. The van der Waals surface area contributed by atoms with Crippen molar-refractivity contribution < 1.29 is 14.3 Å². The molecule has 0 saturated carbocycles. The number of hydrogen-bond acceptors (Lipinski definition) is 4. The molecule has 1 aromatic heterocycles. The Balaban J connectivity index is 1.62. The molecule has 1 unspecified atom stereocenters. The van der Waals surface area contributed by atoms with Crippen molar-refractivity contribution in [3.8, 4) is 5.88 Å². The van der Waals surface area contributed by atoms with E-state index in [4.69, 9.17) is 4.74 Å². The molecule has 0 radical (unpaired) electrons. The Morgan fingerprint density at radius 1 is 0.938 bits per heavy atom. The predicted molar refractivity (Wildman–Crippen MR) is 124 cm³/mol. The van der Waals surface area contributed by atoms with E-state index < -0.39 is 6.04 Å². The van der Waals surface area contributed by atoms with Gasteiger partial charge in [0.1, 0.15) is 12.6 Å². The van der Waals surface area contributed by atoms with Gasteiger partial charge in [0.15, 0.2) is 0 Å². The van der Waals surface area contributed by atoms with E-state index in [2.05, 4.69) is 15.6 Å². The molecule has 2 N–H and O–H groups in total. The Morgan fingerprint density at radius 2 is 1.62 bits per heavy atom. The monoisotopic (exact) mass is 431 g/mol. The van der Waals surface area contributed by atoms with Crippen LogP contribution < -0.4 is 15.4 Å². The molecular weight excluding hydrogens is 402 g/mol. The molecule has 1 heterocycles. The van der Waals surface area contributed by atoms with Crippen LogP contribution in [0.15, 0.2) is 79.0 Å². The fraction of sp³-hybridized carbons (Fsp3) is 0.269. The summed E-state index contributed by atoms with van der Waals surface area (Å²) in [7, 11) is 0. The Kier molecular flexibility index (Phi) is 8.37. The molecule has 0 bridgehead atoms. The van der Waals surface area contributed by atoms with Crippen LogP contribution in [0.4, 0.5) is 0 Å². The number of pyridine rings is 1. The Bertz CT molecular complexity index is 1010. The molecule has 32 heavy (non-hydrogen) atoms. The fourth-order valence-corrected chi connectivity index (χ4v) is 3.20. The molecule has 0 fully saturated rings. The van der Waals surface area contributed by atoms with Gasteiger partial charge in [-0.3, -0.25) is 9.59 Å². The lowest BCUT2D eigenvalue weighted by Crippen LogP contribution is -2.40. The summed E-state index contributed by atoms with van der Waals surface area (Å²) >= 11 is 0. The predicted octanol–water partition coefficient (Wildman–Crippen LogP) is 4.18. The van der Waals surface area contributed by atoms with Crippen LogP contribution in [0.25, 0.3) is 0 Å². The van der Waals surface area contributed by atoms with E-state index in [1.165, 1.54) is 0 Å². The molecule has 3 rings (SSSR count). The van der Waals surface area contributed by atoms with E-state index in [0.717, 1.165) is 16.7 Å². The standard InChI is InChI=1S/C26H29N3O3/c1-19(2)15-23(30)29-25(22-11-7-4-8-12-22)26(31)28-17-21-13-14-27-24(16-21)32-18-20-9-5-3-6-10-20/h3-14,16,19,25H,15,17-18H2,1-2H3,(H,28,31)(H,29,30). The van der Waals surface area contributed by atoms with Crippen LogP contribution in [0.3, 0.4) is 0 Å². The maximum Gasteiger partial charge on any atom is 0.247 e. The molecule has 0 saturated heterocycles. The molecule has 0 aliphatic heterocycles. The highest BCUT2D eigenvalue weighted by atomic mass is 16.5. The lowest BCUT2D eigenvalue weighted by Gasteiger charge is -2.19. The Labute approximate surface area is 189 Å². The molecular formula is C26H29N3O3. The first-order valence-corrected chi connectivity index (χ1v) is 10.7. The Morgan fingerprint density at radius 3 is 2.31 bits per heavy atom. The molecule has 6 heteroatoms. The van der Waals surface area contributed by atoms with Crippen LogP contribution in [0.5, 0.6) is 5.88 Å². The van der Waals surface area contributed by atoms with Gasteiger partial charge in [0, 0.05) is 25.2 Å². The second kappa shape index (κ2) is 11.6. The number of benzene rings is 2. The highest BCUT2D eigenvalue weighted by molar-refractivity contribution is 5.88. The van der Waals surface area contributed by atoms with Gasteiger partial charge in [-0.05, 0) is 28.7 Å². The van der Waals surface area contributed by atoms with Crippen LogP contribution in [0.2, 0.25) is 0 Å². The first-order chi connectivity index (χ1) is 15.5. The zero-order valence-corrected chi connectivity index (χ0v) is 18.5. The molecule has 0 aliphatic carbocycles. The lowest BCUT2D eigenvalue weighted by atomic mass is 10.0. The molecule has 2 amide bonds. The number of carbonyl (C=O) groups is 2. The van der Waals surface area contributed by atoms with Gasteiger partial charge in [0.2, 0.25) is 17.7 Å². The van der Waals surface area contributed by atoms with Crippen LogP contribution in [0, 0.1) is 5.92 Å². The molecule has 0 spiro atoms. The van der Waals surface area contributed by atoms with Gasteiger partial charge in [0.05, 0.1) is 0 Å². The van der Waals surface area contributed by atoms with Crippen LogP contribution in [0.1, 0.15) is 43.0 Å². The van der Waals surface area contributed by atoms with Crippen LogP contribution in [-0.4, -0.2) is 16.8 Å². The van der Waals surface area contributed by atoms with Crippen molar-refractivity contribution in [2.45, 2.75) is 39.5 Å². The van der Waals surface area contributed by atoms with Gasteiger partial charge in [-0.1, -0.05) is 74.5 Å². The van der Waals surface area contributed by atoms with Crippen molar-refractivity contribution in [1.29, 1.82) is 0 Å². The summed E-state index contributed by atoms with van der Waals surface area (Å²) in [5, 5.41) is 5.78. The molecule has 3 aromatic rings. The number of carbonyl (C=O) groups excluding carboxylic acids is 2. The number of amides is 2. The second-order valence-corrected chi connectivity index (χ2v) is 8.00. The van der Waals surface area contributed by atoms with E-state index >= 15 is 0 Å². The van der Waals surface area contributed by atoms with Crippen LogP contribution in [-0.2, 0) is 22.7 Å². The number of rotatable bonds is 10. The smallest absolute Gasteiger partial charge is 0.247 e. The number of nitrogens with one attached hydrogen (secondary N) is 2. The minimum atomic E-state index is -0.752. The quantitative estimate of drug-likeness (QED) is 0.505. The molecule has 6 nitrogen and oxygen atoms in total. The van der Waals surface area contributed by atoms with Crippen molar-refractivity contribution in [2.24, 2.45) is 5.92 Å². The van der Waals surface area contributed by atoms with E-state index in [-0.39, 0.29) is 17.7 Å². The van der Waals surface area contributed by atoms with Gasteiger partial charge >= 0.3 is 0 Å². The lowest BCUT2D eigenvalue weighted by molar-refractivity contribution is -0.129. The van der Waals surface area contributed by atoms with Crippen molar-refractivity contribution >= 4 is 11.8 Å². The van der Waals surface area contributed by atoms with Crippen molar-refractivity contribution in [3.63, 3.8) is 0 Å². The minimum Gasteiger partial charge on any atom is -0.473 e. The maximum absolute atomic E-state index is 13.0. The van der Waals surface area contributed by atoms with Crippen LogP contribution >= 0.6 is 0 Å². The highest BCUT2D eigenvalue weighted by Crippen LogP contribution is 2.16. The SMILES string of the molecule is CC(C)CC(=O)NC(C(=O)NCc1ccnc(OCc2ccccc2)c1)c1ccccc1. The van der Waals surface area contributed by atoms with Gasteiger partial charge in [0.25, 0.3) is 0 Å². The van der Waals surface area contributed by atoms with E-state index in [0.29, 0.717) is 25.5 Å². The average molecular weight is 432 g/mol. The van der Waals surface area contributed by atoms with E-state index in [9.17, 15) is 9.59 Å². The third-order valence-electron chi connectivity index (χ3n) is 4.79. The summed E-state index contributed by atoms with van der Waals surface area (Å²) in [5.74, 6) is 0.285. The molecule has 166 valence electrons. The summed E-state index contributed by atoms with van der Waals surface area (Å²) in [4.78, 5) is 29.5. The summed E-state index contributed by atoms with van der Waals surface area (Å²) in [5.41, 5.74) is 2.65. The summed E-state index contributed by atoms with van der Waals surface area (Å²) < 4.78 is 5.77. The third kappa shape index (κ3) is 7.23. The van der Waals surface area contributed by atoms with Crippen molar-refractivity contribution in [3.05, 3.63) is 95.7 Å². The second-order valence-electron chi connectivity index (χ2n) is 8.00. The number of hydrogen-bond donors (Lipinski definition) is 2. The van der Waals surface area contributed by atoms with Crippen molar-refractivity contribution in [1.82, 2.24) is 15.6 Å². The molecule has 1 atom stereocenters. The van der Waals surface area contributed by atoms with Gasteiger partial charge < -0.3 is 15.4 Å². The van der Waals surface area contributed by atoms with Gasteiger partial charge in [-0.2, -0.15) is 0 Å². The zero-order chi connectivity index (χ0) is 22.8. The van der Waals surface area contributed by atoms with Crippen molar-refractivity contribution in [2.75, 3.05) is 0 Å². The van der Waals surface area contributed by atoms with Gasteiger partial charge in [-0.25, -0.2) is 4.98 Å². The fourth-order valence-electron chi connectivity index (χ4n) is 3.20. The largest absolute Gasteiger partial charge is 0.473 e. The van der Waals surface area contributed by atoms with E-state index in [1.54, 1.807) is 12.3 Å². The first kappa shape index (κ1) is 23.0. The molecule has 0 aliphatic rings. The first-order valence-electron chi connectivity index (χ1n) is 10.7. The topological polar surface area (TPSA) is 80.3 Å². The normalized spacial score (nSPS) is 11.6. The third-order valence-corrected chi connectivity index (χ3v) is 4.79. The van der Waals surface area contributed by atoms with E-state index in [1.807, 2.05) is 80.6 Å². The zero-order valence-electron chi connectivity index (χ0n) is 18.5. The number of nitrogens with zero attached hydrogens (tertiary/aromatic N) is 1. The number of ether oxygens (including phenoxy) is 1. The maximum atomic E-state index is 13.0. The molecule has 2 aromatic carbocycles. The van der Waals surface area contributed by atoms with Gasteiger partial charge in [-0.15, -0.1) is 0 Å². The summed E-state index contributed by atoms with van der Waals surface area (Å²) in [6, 6.07) is 22.0. The Hall–Kier alpha value is -3.67. The summed E-state index contributed by atoms with van der Waals surface area (Å²) in [6.45, 7) is 4.66. The highest BCUT2D eigenvalue weighted by Gasteiger charge is 2.22. The average Bonchev–Trinajstić information content (AvgIpc) is 2.81.